The molecule has 1 aliphatic carbocycles. The van der Waals surface area contributed by atoms with Gasteiger partial charge in [-0.1, -0.05) is 12.8 Å². The van der Waals surface area contributed by atoms with Crippen LogP contribution in [0.3, 0.4) is 0 Å². The zero-order valence-electron chi connectivity index (χ0n) is 14.3. The Bertz CT molecular complexity index is 359. The van der Waals surface area contributed by atoms with Crippen LogP contribution in [0.2, 0.25) is 0 Å². The van der Waals surface area contributed by atoms with Crippen LogP contribution in [0, 0.1) is 0 Å². The number of aliphatic hydroxyl groups excluding tert-OH is 1. The average molecular weight is 312 g/mol. The van der Waals surface area contributed by atoms with E-state index in [1.807, 2.05) is 20.8 Å². The van der Waals surface area contributed by atoms with E-state index in [-0.39, 0.29) is 30.3 Å². The lowest BCUT2D eigenvalue weighted by atomic mass is 9.89. The molecule has 128 valence electrons. The molecule has 5 heteroatoms. The maximum Gasteiger partial charge on any atom is 0.246 e. The minimum Gasteiger partial charge on any atom is -0.391 e. The highest BCUT2D eigenvalue weighted by Gasteiger charge is 2.31. The Kier molecular flexibility index (Phi) is 6.24. The Hall–Kier alpha value is -0.650. The highest BCUT2D eigenvalue weighted by atomic mass is 16.5. The van der Waals surface area contributed by atoms with Gasteiger partial charge in [-0.25, -0.2) is 0 Å². The van der Waals surface area contributed by atoms with Gasteiger partial charge in [-0.05, 0) is 46.5 Å². The van der Waals surface area contributed by atoms with Gasteiger partial charge < -0.3 is 15.2 Å². The van der Waals surface area contributed by atoms with Gasteiger partial charge in [0, 0.05) is 25.2 Å². The number of ether oxygens (including phenoxy) is 1. The van der Waals surface area contributed by atoms with Crippen molar-refractivity contribution in [1.82, 2.24) is 10.2 Å². The Morgan fingerprint density at radius 1 is 1.18 bits per heavy atom. The topological polar surface area (TPSA) is 61.8 Å². The fraction of sp³-hybridized carbons (Fsp3) is 0.941. The number of nitrogens with zero attached hydrogens (tertiary/aromatic N) is 1. The lowest BCUT2D eigenvalue weighted by molar-refractivity contribution is -0.131. The molecule has 2 rings (SSSR count). The molecule has 0 bridgehead atoms. The second-order valence-corrected chi connectivity index (χ2v) is 7.70. The van der Waals surface area contributed by atoms with Crippen molar-refractivity contribution >= 4 is 5.91 Å². The third-order valence-electron chi connectivity index (χ3n) is 4.69. The van der Waals surface area contributed by atoms with E-state index < -0.39 is 0 Å². The molecule has 2 atom stereocenters. The SMILES string of the molecule is CC(C)(C)OCC(=O)NC1CCN(C2CCCCC2O)CC1. The van der Waals surface area contributed by atoms with Crippen molar-refractivity contribution in [2.45, 2.75) is 83.1 Å². The molecule has 5 nitrogen and oxygen atoms in total. The zero-order chi connectivity index (χ0) is 16.2. The van der Waals surface area contributed by atoms with Crippen molar-refractivity contribution in [2.24, 2.45) is 0 Å². The van der Waals surface area contributed by atoms with E-state index in [9.17, 15) is 9.90 Å². The normalized spacial score (nSPS) is 28.5. The lowest BCUT2D eigenvalue weighted by Crippen LogP contribution is -2.52. The molecule has 1 amide bonds. The first-order valence-electron chi connectivity index (χ1n) is 8.70. The first-order chi connectivity index (χ1) is 10.3. The molecule has 2 N–H and O–H groups in total. The molecule has 1 saturated carbocycles. The molecule has 1 saturated heterocycles. The maximum atomic E-state index is 11.9. The van der Waals surface area contributed by atoms with Gasteiger partial charge >= 0.3 is 0 Å². The summed E-state index contributed by atoms with van der Waals surface area (Å²) in [6, 6.07) is 0.572. The van der Waals surface area contributed by atoms with Crippen LogP contribution in [0.15, 0.2) is 0 Å². The van der Waals surface area contributed by atoms with E-state index in [1.54, 1.807) is 0 Å². The van der Waals surface area contributed by atoms with Gasteiger partial charge in [-0.15, -0.1) is 0 Å². The standard InChI is InChI=1S/C17H32N2O3/c1-17(2,3)22-12-16(21)18-13-8-10-19(11-9-13)14-6-4-5-7-15(14)20/h13-15,20H,4-12H2,1-3H3,(H,18,21). The summed E-state index contributed by atoms with van der Waals surface area (Å²) in [4.78, 5) is 14.3. The lowest BCUT2D eigenvalue weighted by Gasteiger charge is -2.41. The van der Waals surface area contributed by atoms with Crippen LogP contribution in [0.1, 0.15) is 59.3 Å². The van der Waals surface area contributed by atoms with Gasteiger partial charge in [0.2, 0.25) is 5.91 Å². The molecule has 2 aliphatic rings. The molecule has 0 spiro atoms. The second kappa shape index (κ2) is 7.75. The predicted octanol–water partition coefficient (Wildman–Crippen LogP) is 1.69. The van der Waals surface area contributed by atoms with E-state index in [4.69, 9.17) is 4.74 Å². The summed E-state index contributed by atoms with van der Waals surface area (Å²) in [6.07, 6.45) is 6.18. The minimum atomic E-state index is -0.280. The Morgan fingerprint density at radius 2 is 1.82 bits per heavy atom. The van der Waals surface area contributed by atoms with E-state index in [0.717, 1.165) is 45.2 Å². The molecule has 1 aliphatic heterocycles. The number of piperidine rings is 1. The predicted molar refractivity (Wildman–Crippen MR) is 86.7 cm³/mol. The number of carbonyl (C=O) groups excluding carboxylic acids is 1. The first-order valence-corrected chi connectivity index (χ1v) is 8.70. The number of hydrogen-bond acceptors (Lipinski definition) is 4. The number of rotatable bonds is 4. The third-order valence-corrected chi connectivity index (χ3v) is 4.69. The molecular formula is C17H32N2O3. The van der Waals surface area contributed by atoms with Gasteiger partial charge in [-0.3, -0.25) is 9.69 Å². The molecule has 2 fully saturated rings. The van der Waals surface area contributed by atoms with Crippen molar-refractivity contribution in [3.8, 4) is 0 Å². The molecular weight excluding hydrogens is 280 g/mol. The summed E-state index contributed by atoms with van der Waals surface area (Å²) in [5.74, 6) is -0.0222. The second-order valence-electron chi connectivity index (χ2n) is 7.70. The highest BCUT2D eigenvalue weighted by Crippen LogP contribution is 2.25. The van der Waals surface area contributed by atoms with Crippen molar-refractivity contribution in [3.05, 3.63) is 0 Å². The maximum absolute atomic E-state index is 11.9. The molecule has 22 heavy (non-hydrogen) atoms. The zero-order valence-corrected chi connectivity index (χ0v) is 14.3. The van der Waals surface area contributed by atoms with E-state index in [0.29, 0.717) is 6.04 Å². The van der Waals surface area contributed by atoms with Gasteiger partial charge in [0.05, 0.1) is 11.7 Å². The fourth-order valence-electron chi connectivity index (χ4n) is 3.44. The smallest absolute Gasteiger partial charge is 0.246 e. The monoisotopic (exact) mass is 312 g/mol. The first kappa shape index (κ1) is 17.7. The summed E-state index contributed by atoms with van der Waals surface area (Å²) >= 11 is 0. The van der Waals surface area contributed by atoms with Crippen LogP contribution in [0.25, 0.3) is 0 Å². The molecule has 0 radical (unpaired) electrons. The summed E-state index contributed by atoms with van der Waals surface area (Å²) in [7, 11) is 0. The summed E-state index contributed by atoms with van der Waals surface area (Å²) in [5, 5.41) is 13.2. The van der Waals surface area contributed by atoms with Crippen LogP contribution in [0.4, 0.5) is 0 Å². The van der Waals surface area contributed by atoms with Gasteiger partial charge in [-0.2, -0.15) is 0 Å². The van der Waals surface area contributed by atoms with E-state index >= 15 is 0 Å². The summed E-state index contributed by atoms with van der Waals surface area (Å²) < 4.78 is 5.51. The highest BCUT2D eigenvalue weighted by molar-refractivity contribution is 5.77. The number of aliphatic hydroxyl groups is 1. The molecule has 0 aromatic carbocycles. The fourth-order valence-corrected chi connectivity index (χ4v) is 3.44. The van der Waals surface area contributed by atoms with E-state index in [2.05, 4.69) is 10.2 Å². The quantitative estimate of drug-likeness (QED) is 0.829. The molecule has 0 aromatic rings. The molecule has 2 unspecified atom stereocenters. The number of nitrogens with one attached hydrogen (secondary N) is 1. The van der Waals surface area contributed by atoms with Gasteiger partial charge in [0.25, 0.3) is 0 Å². The van der Waals surface area contributed by atoms with E-state index in [1.165, 1.54) is 6.42 Å². The van der Waals surface area contributed by atoms with Crippen molar-refractivity contribution in [3.63, 3.8) is 0 Å². The van der Waals surface area contributed by atoms with Crippen molar-refractivity contribution in [2.75, 3.05) is 19.7 Å². The van der Waals surface area contributed by atoms with Crippen LogP contribution in [-0.2, 0) is 9.53 Å². The Morgan fingerprint density at radius 3 is 2.41 bits per heavy atom. The number of amides is 1. The van der Waals surface area contributed by atoms with Crippen LogP contribution in [0.5, 0.6) is 0 Å². The average Bonchev–Trinajstić information content (AvgIpc) is 2.46. The summed E-state index contributed by atoms with van der Waals surface area (Å²) in [6.45, 7) is 7.92. The van der Waals surface area contributed by atoms with Gasteiger partial charge in [0.15, 0.2) is 0 Å². The Labute approximate surface area is 134 Å². The van der Waals surface area contributed by atoms with Crippen LogP contribution >= 0.6 is 0 Å². The third kappa shape index (κ3) is 5.52. The summed E-state index contributed by atoms with van der Waals surface area (Å²) in [5.41, 5.74) is -0.280. The van der Waals surface area contributed by atoms with Crippen LogP contribution < -0.4 is 5.32 Å². The van der Waals surface area contributed by atoms with Crippen LogP contribution in [-0.4, -0.2) is 59.4 Å². The minimum absolute atomic E-state index is 0.0222. The van der Waals surface area contributed by atoms with Crippen molar-refractivity contribution < 1.29 is 14.6 Å². The molecule has 0 aromatic heterocycles. The number of likely N-dealkylation sites (tertiary alicyclic amines) is 1. The number of hydrogen-bond donors (Lipinski definition) is 2. The Balaban J connectivity index is 1.69. The largest absolute Gasteiger partial charge is 0.391 e. The number of carbonyl (C=O) groups is 1. The van der Waals surface area contributed by atoms with Gasteiger partial charge in [0.1, 0.15) is 6.61 Å². The molecule has 1 heterocycles. The van der Waals surface area contributed by atoms with Crippen molar-refractivity contribution in [1.29, 1.82) is 0 Å².